The Bertz CT molecular complexity index is 719. The van der Waals surface area contributed by atoms with E-state index in [-0.39, 0.29) is 11.3 Å². The van der Waals surface area contributed by atoms with Crippen molar-refractivity contribution in [3.8, 4) is 11.5 Å². The largest absolute Gasteiger partial charge is 0.496 e. The maximum atomic E-state index is 12.7. The third-order valence-corrected chi connectivity index (χ3v) is 4.86. The van der Waals surface area contributed by atoms with Crippen LogP contribution in [0.4, 0.5) is 5.82 Å². The van der Waals surface area contributed by atoms with Gasteiger partial charge >= 0.3 is 0 Å². The van der Waals surface area contributed by atoms with E-state index in [0.717, 1.165) is 31.4 Å². The van der Waals surface area contributed by atoms with Crippen molar-refractivity contribution in [2.24, 2.45) is 0 Å². The third kappa shape index (κ3) is 4.18. The zero-order chi connectivity index (χ0) is 19.2. The fourth-order valence-electron chi connectivity index (χ4n) is 2.91. The highest BCUT2D eigenvalue weighted by atomic mass is 16.5. The number of rotatable bonds is 9. The molecule has 0 aliphatic carbocycles. The van der Waals surface area contributed by atoms with E-state index in [1.807, 2.05) is 0 Å². The van der Waals surface area contributed by atoms with E-state index in [9.17, 15) is 4.79 Å². The van der Waals surface area contributed by atoms with Gasteiger partial charge in [0.2, 0.25) is 0 Å². The van der Waals surface area contributed by atoms with Crippen LogP contribution in [0, 0.1) is 0 Å². The Morgan fingerprint density at radius 1 is 1.23 bits per heavy atom. The lowest BCUT2D eigenvalue weighted by atomic mass is 9.80. The standard InChI is InChI=1S/C20H28N2O4/c1-6-8-12-20(3,7-2)16-13-17(22-26-16)21-19(23)18-14(24-4)10-9-11-15(18)25-5/h9-11,13H,6-8,12H2,1-5H3,(H,21,22,23). The molecule has 0 saturated carbocycles. The number of amides is 1. The lowest BCUT2D eigenvalue weighted by Crippen LogP contribution is -2.20. The number of methoxy groups -OCH3 is 2. The molecule has 1 aromatic heterocycles. The molecule has 1 heterocycles. The van der Waals surface area contributed by atoms with Crippen LogP contribution in [0.25, 0.3) is 0 Å². The summed E-state index contributed by atoms with van der Waals surface area (Å²) < 4.78 is 16.1. The number of ether oxygens (including phenoxy) is 2. The highest BCUT2D eigenvalue weighted by molar-refractivity contribution is 6.07. The van der Waals surface area contributed by atoms with Crippen molar-refractivity contribution in [1.29, 1.82) is 0 Å². The number of carbonyl (C=O) groups is 1. The van der Waals surface area contributed by atoms with Crippen LogP contribution in [0.5, 0.6) is 11.5 Å². The van der Waals surface area contributed by atoms with Crippen LogP contribution in [-0.4, -0.2) is 25.3 Å². The van der Waals surface area contributed by atoms with E-state index in [1.165, 1.54) is 14.2 Å². The quantitative estimate of drug-likeness (QED) is 0.695. The SMILES string of the molecule is CCCCC(C)(CC)c1cc(NC(=O)c2c(OC)cccc2OC)no1. The molecule has 6 nitrogen and oxygen atoms in total. The van der Waals surface area contributed by atoms with Gasteiger partial charge in [0, 0.05) is 11.5 Å². The molecule has 1 atom stereocenters. The summed E-state index contributed by atoms with van der Waals surface area (Å²) in [6.45, 7) is 6.47. The number of nitrogens with zero attached hydrogens (tertiary/aromatic N) is 1. The van der Waals surface area contributed by atoms with E-state index >= 15 is 0 Å². The molecule has 1 amide bonds. The Hall–Kier alpha value is -2.50. The highest BCUT2D eigenvalue weighted by Gasteiger charge is 2.29. The monoisotopic (exact) mass is 360 g/mol. The first kappa shape index (κ1) is 19.8. The molecule has 0 aliphatic rings. The number of carbonyl (C=O) groups excluding carboxylic acids is 1. The van der Waals surface area contributed by atoms with E-state index in [2.05, 4.69) is 31.2 Å². The van der Waals surface area contributed by atoms with Gasteiger partial charge in [-0.3, -0.25) is 4.79 Å². The van der Waals surface area contributed by atoms with Gasteiger partial charge in [0.25, 0.3) is 5.91 Å². The van der Waals surface area contributed by atoms with Crippen LogP contribution in [0.3, 0.4) is 0 Å². The highest BCUT2D eigenvalue weighted by Crippen LogP contribution is 2.35. The minimum absolute atomic E-state index is 0.0892. The number of benzene rings is 1. The molecule has 0 bridgehead atoms. The van der Waals surface area contributed by atoms with Gasteiger partial charge < -0.3 is 19.3 Å². The molecule has 1 aromatic carbocycles. The molecule has 0 spiro atoms. The predicted octanol–water partition coefficient (Wildman–Crippen LogP) is 4.80. The molecule has 26 heavy (non-hydrogen) atoms. The summed E-state index contributed by atoms with van der Waals surface area (Å²) in [4.78, 5) is 12.7. The van der Waals surface area contributed by atoms with Crippen LogP contribution in [0.15, 0.2) is 28.8 Å². The summed E-state index contributed by atoms with van der Waals surface area (Å²) in [7, 11) is 3.03. The predicted molar refractivity (Wildman–Crippen MR) is 101 cm³/mol. The normalized spacial score (nSPS) is 13.1. The van der Waals surface area contributed by atoms with Crippen molar-refractivity contribution >= 4 is 11.7 Å². The van der Waals surface area contributed by atoms with E-state index < -0.39 is 0 Å². The first-order valence-electron chi connectivity index (χ1n) is 8.98. The third-order valence-electron chi connectivity index (χ3n) is 4.86. The Morgan fingerprint density at radius 2 is 1.88 bits per heavy atom. The minimum Gasteiger partial charge on any atom is -0.496 e. The molecule has 0 radical (unpaired) electrons. The average molecular weight is 360 g/mol. The second-order valence-electron chi connectivity index (χ2n) is 6.59. The first-order valence-corrected chi connectivity index (χ1v) is 8.98. The summed E-state index contributed by atoms with van der Waals surface area (Å²) in [5.74, 6) is 1.69. The van der Waals surface area contributed by atoms with Crippen molar-refractivity contribution in [1.82, 2.24) is 5.16 Å². The molecular formula is C20H28N2O4. The fraction of sp³-hybridized carbons (Fsp3) is 0.500. The summed E-state index contributed by atoms with van der Waals surface area (Å²) >= 11 is 0. The lowest BCUT2D eigenvalue weighted by molar-refractivity contribution is 0.102. The van der Waals surface area contributed by atoms with Crippen molar-refractivity contribution in [3.05, 3.63) is 35.6 Å². The van der Waals surface area contributed by atoms with Crippen LogP contribution in [0.2, 0.25) is 0 Å². The van der Waals surface area contributed by atoms with Crippen molar-refractivity contribution < 1.29 is 18.8 Å². The van der Waals surface area contributed by atoms with Gasteiger partial charge in [-0.1, -0.05) is 44.8 Å². The maximum absolute atomic E-state index is 12.7. The van der Waals surface area contributed by atoms with E-state index in [1.54, 1.807) is 24.3 Å². The van der Waals surface area contributed by atoms with Crippen LogP contribution < -0.4 is 14.8 Å². The molecule has 1 unspecified atom stereocenters. The van der Waals surface area contributed by atoms with Gasteiger partial charge in [0.15, 0.2) is 5.82 Å². The van der Waals surface area contributed by atoms with Gasteiger partial charge in [-0.2, -0.15) is 0 Å². The maximum Gasteiger partial charge on any atom is 0.264 e. The number of anilines is 1. The second-order valence-corrected chi connectivity index (χ2v) is 6.59. The summed E-state index contributed by atoms with van der Waals surface area (Å²) in [5.41, 5.74) is 0.236. The fourth-order valence-corrected chi connectivity index (χ4v) is 2.91. The van der Waals surface area contributed by atoms with Gasteiger partial charge in [0.1, 0.15) is 22.8 Å². The molecular weight excluding hydrogens is 332 g/mol. The Kier molecular flexibility index (Phi) is 6.66. The zero-order valence-corrected chi connectivity index (χ0v) is 16.2. The van der Waals surface area contributed by atoms with Crippen LogP contribution in [0.1, 0.15) is 62.6 Å². The number of unbranched alkanes of at least 4 members (excludes halogenated alkanes) is 1. The van der Waals surface area contributed by atoms with Crippen molar-refractivity contribution in [2.45, 2.75) is 51.9 Å². The molecule has 0 fully saturated rings. The van der Waals surface area contributed by atoms with Crippen LogP contribution in [-0.2, 0) is 5.41 Å². The topological polar surface area (TPSA) is 73.6 Å². The van der Waals surface area contributed by atoms with Gasteiger partial charge in [0.05, 0.1) is 14.2 Å². The smallest absolute Gasteiger partial charge is 0.264 e. The Balaban J connectivity index is 2.23. The molecule has 0 aliphatic heterocycles. The molecule has 142 valence electrons. The van der Waals surface area contributed by atoms with Gasteiger partial charge in [-0.05, 0) is 25.0 Å². The van der Waals surface area contributed by atoms with Gasteiger partial charge in [-0.15, -0.1) is 0 Å². The zero-order valence-electron chi connectivity index (χ0n) is 16.2. The molecule has 6 heteroatoms. The number of aromatic nitrogens is 1. The second kappa shape index (κ2) is 8.74. The molecule has 1 N–H and O–H groups in total. The first-order chi connectivity index (χ1) is 12.5. The molecule has 0 saturated heterocycles. The molecule has 2 aromatic rings. The lowest BCUT2D eigenvalue weighted by Gasteiger charge is -2.24. The number of nitrogens with one attached hydrogen (secondary N) is 1. The summed E-state index contributed by atoms with van der Waals surface area (Å²) in [6, 6.07) is 7.00. The Morgan fingerprint density at radius 3 is 2.42 bits per heavy atom. The number of hydrogen-bond acceptors (Lipinski definition) is 5. The number of hydrogen-bond donors (Lipinski definition) is 1. The summed E-state index contributed by atoms with van der Waals surface area (Å²) in [5, 5.41) is 6.80. The van der Waals surface area contributed by atoms with Crippen molar-refractivity contribution in [2.75, 3.05) is 19.5 Å². The molecule has 2 rings (SSSR count). The average Bonchev–Trinajstić information content (AvgIpc) is 3.14. The van der Waals surface area contributed by atoms with Crippen molar-refractivity contribution in [3.63, 3.8) is 0 Å². The van der Waals surface area contributed by atoms with Crippen LogP contribution >= 0.6 is 0 Å². The van der Waals surface area contributed by atoms with Gasteiger partial charge in [-0.25, -0.2) is 0 Å². The summed E-state index contributed by atoms with van der Waals surface area (Å²) in [6.07, 6.45) is 4.20. The van der Waals surface area contributed by atoms with E-state index in [4.69, 9.17) is 14.0 Å². The van der Waals surface area contributed by atoms with E-state index in [0.29, 0.717) is 22.9 Å². The minimum atomic E-state index is -0.356. The Labute approximate surface area is 154 Å².